The molecule has 0 fully saturated rings. The minimum atomic E-state index is -3.84. The number of hydrogen-bond donors (Lipinski definition) is 2. The number of nitrogens with one attached hydrogen (secondary N) is 1. The van der Waals surface area contributed by atoms with Gasteiger partial charge in [-0.3, -0.25) is 4.79 Å². The maximum atomic E-state index is 12.3. The molecule has 0 radical (unpaired) electrons. The van der Waals surface area contributed by atoms with Crippen molar-refractivity contribution in [2.45, 2.75) is 31.2 Å². The van der Waals surface area contributed by atoms with Gasteiger partial charge in [0.2, 0.25) is 10.0 Å². The number of benzene rings is 1. The zero-order valence-electron chi connectivity index (χ0n) is 12.3. The molecule has 8 heteroatoms. The van der Waals surface area contributed by atoms with Gasteiger partial charge in [0.25, 0.3) is 0 Å². The van der Waals surface area contributed by atoms with E-state index in [2.05, 4.69) is 4.72 Å². The van der Waals surface area contributed by atoms with Crippen LogP contribution in [0.25, 0.3) is 0 Å². The van der Waals surface area contributed by atoms with Gasteiger partial charge in [0, 0.05) is 12.1 Å². The van der Waals surface area contributed by atoms with E-state index >= 15 is 0 Å². The summed E-state index contributed by atoms with van der Waals surface area (Å²) in [5.41, 5.74) is 0.475. The maximum absolute atomic E-state index is 12.3. The number of carbonyl (C=O) groups is 1. The Hall–Kier alpha value is -1.80. The van der Waals surface area contributed by atoms with Crippen molar-refractivity contribution < 1.29 is 27.8 Å². The summed E-state index contributed by atoms with van der Waals surface area (Å²) < 4.78 is 37.1. The van der Waals surface area contributed by atoms with Crippen LogP contribution >= 0.6 is 0 Å². The molecule has 0 amide bonds. The highest BCUT2D eigenvalue weighted by Crippen LogP contribution is 2.32. The monoisotopic (exact) mass is 317 g/mol. The molecule has 1 rings (SSSR count). The van der Waals surface area contributed by atoms with Crippen molar-refractivity contribution in [3.63, 3.8) is 0 Å². The highest BCUT2D eigenvalue weighted by atomic mass is 32.2. The summed E-state index contributed by atoms with van der Waals surface area (Å²) in [6, 6.07) is 2.18. The van der Waals surface area contributed by atoms with Gasteiger partial charge < -0.3 is 14.6 Å². The lowest BCUT2D eigenvalue weighted by Gasteiger charge is -2.16. The third kappa shape index (κ3) is 4.33. The standard InChI is InChI=1S/C13H19NO6S/c1-8-5-10(19-3)11(20-4)7-12(8)21(17,18)14-9(2)6-13(15)16/h5,7,9,14H,6H2,1-4H3,(H,15,16). The SMILES string of the molecule is COc1cc(C)c(S(=O)(=O)NC(C)CC(=O)O)cc1OC. The van der Waals surface area contributed by atoms with Crippen LogP contribution in [0.4, 0.5) is 0 Å². The molecule has 0 aliphatic rings. The van der Waals surface area contributed by atoms with Crippen LogP contribution in [0.5, 0.6) is 11.5 Å². The molecule has 0 aliphatic carbocycles. The van der Waals surface area contributed by atoms with E-state index < -0.39 is 22.0 Å². The molecule has 21 heavy (non-hydrogen) atoms. The van der Waals surface area contributed by atoms with Crippen LogP contribution in [-0.4, -0.2) is 39.8 Å². The fraction of sp³-hybridized carbons (Fsp3) is 0.462. The van der Waals surface area contributed by atoms with E-state index in [1.54, 1.807) is 13.0 Å². The van der Waals surface area contributed by atoms with Gasteiger partial charge in [-0.05, 0) is 25.5 Å². The lowest BCUT2D eigenvalue weighted by molar-refractivity contribution is -0.137. The van der Waals surface area contributed by atoms with Gasteiger partial charge in [0.15, 0.2) is 11.5 Å². The molecule has 1 aromatic rings. The highest BCUT2D eigenvalue weighted by molar-refractivity contribution is 7.89. The number of carboxylic acid groups (broad SMARTS) is 1. The summed E-state index contributed by atoms with van der Waals surface area (Å²) in [7, 11) is -0.978. The van der Waals surface area contributed by atoms with E-state index in [1.807, 2.05) is 0 Å². The van der Waals surface area contributed by atoms with Crippen LogP contribution in [0.1, 0.15) is 18.9 Å². The first kappa shape index (κ1) is 17.3. The molecule has 118 valence electrons. The molecule has 0 saturated carbocycles. The van der Waals surface area contributed by atoms with Crippen LogP contribution in [0, 0.1) is 6.92 Å². The zero-order valence-corrected chi connectivity index (χ0v) is 13.2. The van der Waals surface area contributed by atoms with Crippen molar-refractivity contribution in [3.05, 3.63) is 17.7 Å². The number of sulfonamides is 1. The number of hydrogen-bond acceptors (Lipinski definition) is 5. The lowest BCUT2D eigenvalue weighted by atomic mass is 10.2. The second-order valence-corrected chi connectivity index (χ2v) is 6.28. The Morgan fingerprint density at radius 3 is 2.29 bits per heavy atom. The first-order chi connectivity index (χ1) is 9.71. The number of aryl methyl sites for hydroxylation is 1. The van der Waals surface area contributed by atoms with Crippen molar-refractivity contribution in [2.24, 2.45) is 0 Å². The van der Waals surface area contributed by atoms with Crippen molar-refractivity contribution >= 4 is 16.0 Å². The summed E-state index contributed by atoms with van der Waals surface area (Å²) >= 11 is 0. The first-order valence-corrected chi connectivity index (χ1v) is 7.66. The highest BCUT2D eigenvalue weighted by Gasteiger charge is 2.23. The third-order valence-electron chi connectivity index (χ3n) is 2.81. The van der Waals surface area contributed by atoms with E-state index in [9.17, 15) is 13.2 Å². The molecule has 0 spiro atoms. The molecule has 0 aliphatic heterocycles. The fourth-order valence-corrected chi connectivity index (χ4v) is 3.37. The number of aliphatic carboxylic acids is 1. The molecular weight excluding hydrogens is 298 g/mol. The van der Waals surface area contributed by atoms with Crippen LogP contribution < -0.4 is 14.2 Å². The summed E-state index contributed by atoms with van der Waals surface area (Å²) in [5, 5.41) is 8.69. The van der Waals surface area contributed by atoms with Crippen molar-refractivity contribution in [3.8, 4) is 11.5 Å². The van der Waals surface area contributed by atoms with E-state index in [0.717, 1.165) is 0 Å². The quantitative estimate of drug-likeness (QED) is 0.782. The van der Waals surface area contributed by atoms with Gasteiger partial charge in [-0.25, -0.2) is 13.1 Å². The molecule has 0 aromatic heterocycles. The molecule has 7 nitrogen and oxygen atoms in total. The number of ether oxygens (including phenoxy) is 2. The van der Waals surface area contributed by atoms with E-state index in [-0.39, 0.29) is 17.1 Å². The molecule has 1 unspecified atom stereocenters. The number of rotatable bonds is 7. The van der Waals surface area contributed by atoms with E-state index in [0.29, 0.717) is 11.3 Å². The average Bonchev–Trinajstić information content (AvgIpc) is 2.36. The Labute approximate surface area is 123 Å². The van der Waals surface area contributed by atoms with Crippen LogP contribution in [0.15, 0.2) is 17.0 Å². The maximum Gasteiger partial charge on any atom is 0.304 e. The molecule has 2 N–H and O–H groups in total. The molecule has 0 heterocycles. The molecular formula is C13H19NO6S. The lowest BCUT2D eigenvalue weighted by Crippen LogP contribution is -2.34. The minimum Gasteiger partial charge on any atom is -0.493 e. The van der Waals surface area contributed by atoms with E-state index in [1.165, 1.54) is 27.2 Å². The molecule has 0 saturated heterocycles. The largest absolute Gasteiger partial charge is 0.493 e. The summed E-state index contributed by atoms with van der Waals surface area (Å²) in [6.07, 6.45) is -0.300. The number of methoxy groups -OCH3 is 2. The number of carboxylic acids is 1. The second kappa shape index (κ2) is 6.77. The summed E-state index contributed by atoms with van der Waals surface area (Å²) in [4.78, 5) is 10.6. The predicted octanol–water partition coefficient (Wildman–Crippen LogP) is 1.15. The molecule has 1 aromatic carbocycles. The van der Waals surface area contributed by atoms with Crippen molar-refractivity contribution in [1.29, 1.82) is 0 Å². The summed E-state index contributed by atoms with van der Waals surface area (Å²) in [5.74, 6) is -0.365. The second-order valence-electron chi connectivity index (χ2n) is 4.59. The Kier molecular flexibility index (Phi) is 5.56. The van der Waals surface area contributed by atoms with Gasteiger partial charge in [0.1, 0.15) is 0 Å². The normalized spacial score (nSPS) is 12.8. The smallest absolute Gasteiger partial charge is 0.304 e. The Balaban J connectivity index is 3.16. The third-order valence-corrected chi connectivity index (χ3v) is 4.54. The predicted molar refractivity (Wildman–Crippen MR) is 76.3 cm³/mol. The summed E-state index contributed by atoms with van der Waals surface area (Å²) in [6.45, 7) is 3.11. The minimum absolute atomic E-state index is 0.0254. The average molecular weight is 317 g/mol. The van der Waals surface area contributed by atoms with Crippen molar-refractivity contribution in [1.82, 2.24) is 4.72 Å². The molecule has 1 atom stereocenters. The zero-order chi connectivity index (χ0) is 16.2. The Morgan fingerprint density at radius 1 is 1.29 bits per heavy atom. The van der Waals surface area contributed by atoms with Gasteiger partial charge in [-0.2, -0.15) is 0 Å². The van der Waals surface area contributed by atoms with Gasteiger partial charge in [-0.15, -0.1) is 0 Å². The van der Waals surface area contributed by atoms with Crippen LogP contribution in [-0.2, 0) is 14.8 Å². The van der Waals surface area contributed by atoms with Crippen LogP contribution in [0.3, 0.4) is 0 Å². The van der Waals surface area contributed by atoms with Crippen molar-refractivity contribution in [2.75, 3.05) is 14.2 Å². The molecule has 0 bridgehead atoms. The van der Waals surface area contributed by atoms with Gasteiger partial charge >= 0.3 is 5.97 Å². The van der Waals surface area contributed by atoms with Crippen LogP contribution in [0.2, 0.25) is 0 Å². The Bertz CT molecular complexity index is 626. The van der Waals surface area contributed by atoms with Gasteiger partial charge in [-0.1, -0.05) is 0 Å². The fourth-order valence-electron chi connectivity index (χ4n) is 1.88. The van der Waals surface area contributed by atoms with Gasteiger partial charge in [0.05, 0.1) is 25.5 Å². The topological polar surface area (TPSA) is 102 Å². The van der Waals surface area contributed by atoms with E-state index in [4.69, 9.17) is 14.6 Å². The first-order valence-electron chi connectivity index (χ1n) is 6.18. The Morgan fingerprint density at radius 2 is 1.81 bits per heavy atom.